The van der Waals surface area contributed by atoms with Gasteiger partial charge in [0.25, 0.3) is 0 Å². The first-order valence-electron chi connectivity index (χ1n) is 8.45. The van der Waals surface area contributed by atoms with Crippen molar-refractivity contribution in [3.8, 4) is 11.3 Å². The number of benzene rings is 2. The summed E-state index contributed by atoms with van der Waals surface area (Å²) in [7, 11) is 0. The maximum atomic E-state index is 11.2. The fourth-order valence-corrected chi connectivity index (χ4v) is 3.47. The van der Waals surface area contributed by atoms with Crippen molar-refractivity contribution in [2.45, 2.75) is 13.3 Å². The fraction of sp³-hybridized carbons (Fsp3) is 0.0952. The third-order valence-electron chi connectivity index (χ3n) is 4.53. The highest BCUT2D eigenvalue weighted by atomic mass is 79.9. The van der Waals surface area contributed by atoms with E-state index in [9.17, 15) is 10.1 Å². The van der Waals surface area contributed by atoms with E-state index in [1.165, 1.54) is 0 Å². The van der Waals surface area contributed by atoms with E-state index >= 15 is 0 Å². The van der Waals surface area contributed by atoms with Crippen LogP contribution >= 0.6 is 15.9 Å². The Morgan fingerprint density at radius 3 is 2.63 bits per heavy atom. The van der Waals surface area contributed by atoms with Crippen molar-refractivity contribution in [3.05, 3.63) is 92.7 Å². The lowest BCUT2D eigenvalue weighted by Gasteiger charge is -2.15. The van der Waals surface area contributed by atoms with Gasteiger partial charge in [-0.05, 0) is 31.5 Å². The van der Waals surface area contributed by atoms with Gasteiger partial charge in [0.1, 0.15) is 0 Å². The maximum Gasteiger partial charge on any atom is 0.247 e. The number of aromatic nitrogens is 2. The topological polar surface area (TPSA) is 68.9 Å². The Kier molecular flexibility index (Phi) is 4.58. The van der Waals surface area contributed by atoms with Gasteiger partial charge in [-0.3, -0.25) is 10.1 Å². The Hall–Kier alpha value is -2.86. The molecule has 0 N–H and O–H groups in total. The summed E-state index contributed by atoms with van der Waals surface area (Å²) in [5.74, 6) is 0.497. The fourth-order valence-electron chi connectivity index (χ4n) is 3.11. The van der Waals surface area contributed by atoms with Crippen LogP contribution in [0.2, 0.25) is 0 Å². The van der Waals surface area contributed by atoms with Crippen LogP contribution in [0.4, 0.5) is 0 Å². The molecule has 0 saturated carbocycles. The van der Waals surface area contributed by atoms with E-state index in [1.807, 2.05) is 61.9 Å². The van der Waals surface area contributed by atoms with Gasteiger partial charge in [0.15, 0.2) is 5.82 Å². The molecule has 1 aromatic heterocycles. The monoisotopic (exact) mass is 420 g/mol. The molecule has 0 aliphatic heterocycles. The zero-order chi connectivity index (χ0) is 19.0. The first-order valence-corrected chi connectivity index (χ1v) is 9.24. The summed E-state index contributed by atoms with van der Waals surface area (Å²) >= 11 is 3.51. The molecule has 0 fully saturated rings. The van der Waals surface area contributed by atoms with Crippen molar-refractivity contribution in [1.82, 2.24) is 9.97 Å². The van der Waals surface area contributed by atoms with Crippen LogP contribution in [0.15, 0.2) is 70.3 Å². The lowest BCUT2D eigenvalue weighted by Crippen LogP contribution is -2.07. The maximum absolute atomic E-state index is 11.2. The molecule has 27 heavy (non-hydrogen) atoms. The van der Waals surface area contributed by atoms with E-state index < -0.39 is 0 Å². The average molecular weight is 421 g/mol. The predicted octanol–water partition coefficient (Wildman–Crippen LogP) is 5.60. The lowest BCUT2D eigenvalue weighted by atomic mass is 9.95. The molecule has 3 aromatic rings. The minimum atomic E-state index is -0.348. The van der Waals surface area contributed by atoms with Crippen LogP contribution in [0.1, 0.15) is 19.2 Å². The van der Waals surface area contributed by atoms with Crippen LogP contribution in [-0.4, -0.2) is 14.9 Å². The van der Waals surface area contributed by atoms with Gasteiger partial charge in [-0.2, -0.15) is 0 Å². The highest BCUT2D eigenvalue weighted by Crippen LogP contribution is 2.33. The molecule has 1 radical (unpaired) electrons. The van der Waals surface area contributed by atoms with Crippen molar-refractivity contribution in [2.75, 3.05) is 0 Å². The smallest absolute Gasteiger partial charge is 0.247 e. The van der Waals surface area contributed by atoms with Crippen LogP contribution in [-0.2, 0) is 0 Å². The Morgan fingerprint density at radius 2 is 1.89 bits per heavy atom. The predicted molar refractivity (Wildman–Crippen MR) is 109 cm³/mol. The number of nitrogens with zero attached hydrogens (tertiary/aromatic N) is 3. The van der Waals surface area contributed by atoms with Gasteiger partial charge in [0, 0.05) is 33.5 Å². The Balaban J connectivity index is 1.98. The summed E-state index contributed by atoms with van der Waals surface area (Å²) in [5, 5.41) is 12.2. The summed E-state index contributed by atoms with van der Waals surface area (Å²) in [5.41, 5.74) is 4.35. The van der Waals surface area contributed by atoms with Crippen molar-refractivity contribution < 1.29 is 4.92 Å². The summed E-state index contributed by atoms with van der Waals surface area (Å²) in [6.07, 6.45) is 3.75. The minimum Gasteiger partial charge on any atom is -0.259 e. The van der Waals surface area contributed by atoms with Crippen molar-refractivity contribution >= 4 is 32.4 Å². The normalized spacial score (nSPS) is 14.4. The van der Waals surface area contributed by atoms with Crippen LogP contribution in [0.3, 0.4) is 0 Å². The SMILES string of the molecule is CC1=C(c2nc(-c3ccccc3)c3cc(Br)ccc3n2)C=C([N+](=O)[O-])C[CH]1. The number of allylic oxidation sites excluding steroid dienone is 4. The van der Waals surface area contributed by atoms with Gasteiger partial charge in [-0.15, -0.1) is 0 Å². The van der Waals surface area contributed by atoms with Crippen molar-refractivity contribution in [2.24, 2.45) is 0 Å². The number of nitro groups is 1. The summed E-state index contributed by atoms with van der Waals surface area (Å²) < 4.78 is 0.945. The molecule has 133 valence electrons. The van der Waals surface area contributed by atoms with Crippen LogP contribution in [0.25, 0.3) is 27.7 Å². The van der Waals surface area contributed by atoms with E-state index in [4.69, 9.17) is 9.97 Å². The van der Waals surface area contributed by atoms with E-state index in [-0.39, 0.29) is 10.6 Å². The zero-order valence-electron chi connectivity index (χ0n) is 14.5. The molecule has 0 bridgehead atoms. The number of fused-ring (bicyclic) bond motifs is 1. The summed E-state index contributed by atoms with van der Waals surface area (Å²) in [4.78, 5) is 20.4. The first-order chi connectivity index (χ1) is 13.0. The Morgan fingerprint density at radius 1 is 1.11 bits per heavy atom. The second kappa shape index (κ2) is 7.04. The third-order valence-corrected chi connectivity index (χ3v) is 5.03. The third kappa shape index (κ3) is 3.40. The summed E-state index contributed by atoms with van der Waals surface area (Å²) in [6, 6.07) is 15.7. The molecular formula is C21H15BrN3O2. The molecule has 5 nitrogen and oxygen atoms in total. The second-order valence-corrected chi connectivity index (χ2v) is 7.24. The molecule has 6 heteroatoms. The van der Waals surface area contributed by atoms with E-state index in [0.717, 1.165) is 32.2 Å². The molecule has 0 atom stereocenters. The van der Waals surface area contributed by atoms with Gasteiger partial charge in [-0.1, -0.05) is 51.8 Å². The molecule has 1 aliphatic carbocycles. The zero-order valence-corrected chi connectivity index (χ0v) is 16.1. The number of hydrogen-bond acceptors (Lipinski definition) is 4. The molecule has 4 rings (SSSR count). The van der Waals surface area contributed by atoms with Gasteiger partial charge in [0.2, 0.25) is 5.70 Å². The molecule has 0 amide bonds. The number of halogens is 1. The van der Waals surface area contributed by atoms with Crippen LogP contribution < -0.4 is 0 Å². The molecular weight excluding hydrogens is 406 g/mol. The lowest BCUT2D eigenvalue weighted by molar-refractivity contribution is -0.427. The van der Waals surface area contributed by atoms with Gasteiger partial charge >= 0.3 is 0 Å². The molecule has 1 heterocycles. The van der Waals surface area contributed by atoms with Crippen LogP contribution in [0.5, 0.6) is 0 Å². The highest BCUT2D eigenvalue weighted by Gasteiger charge is 2.22. The van der Waals surface area contributed by atoms with Gasteiger partial charge in [0.05, 0.1) is 16.1 Å². The van der Waals surface area contributed by atoms with Crippen LogP contribution in [0, 0.1) is 16.5 Å². The largest absolute Gasteiger partial charge is 0.259 e. The summed E-state index contributed by atoms with van der Waals surface area (Å²) in [6.45, 7) is 1.93. The number of hydrogen-bond donors (Lipinski definition) is 0. The molecule has 1 aliphatic rings. The second-order valence-electron chi connectivity index (χ2n) is 6.32. The first kappa shape index (κ1) is 17.5. The highest BCUT2D eigenvalue weighted by molar-refractivity contribution is 9.10. The molecule has 0 spiro atoms. The standard InChI is InChI=1S/C21H15BrN3O2/c1-13-7-9-16(25(26)27)12-17(13)21-23-19-10-8-15(22)11-18(19)20(24-21)14-5-3-2-4-6-14/h2-8,10-12H,9H2,1H3. The minimum absolute atomic E-state index is 0.149. The van der Waals surface area contributed by atoms with E-state index in [1.54, 1.807) is 6.08 Å². The molecule has 0 saturated heterocycles. The Bertz CT molecular complexity index is 1120. The number of rotatable bonds is 3. The van der Waals surface area contributed by atoms with Crippen molar-refractivity contribution in [3.63, 3.8) is 0 Å². The quantitative estimate of drug-likeness (QED) is 0.408. The van der Waals surface area contributed by atoms with Gasteiger partial charge < -0.3 is 0 Å². The van der Waals surface area contributed by atoms with E-state index in [0.29, 0.717) is 17.8 Å². The Labute approximate surface area is 164 Å². The molecule has 0 unspecified atom stereocenters. The molecule has 2 aromatic carbocycles. The van der Waals surface area contributed by atoms with Gasteiger partial charge in [-0.25, -0.2) is 9.97 Å². The van der Waals surface area contributed by atoms with Crippen molar-refractivity contribution in [1.29, 1.82) is 0 Å². The average Bonchev–Trinajstić information content (AvgIpc) is 2.68. The van der Waals surface area contributed by atoms with E-state index in [2.05, 4.69) is 15.9 Å².